The molecule has 0 spiro atoms. The number of urea groups is 1. The number of rotatable bonds is 7. The lowest BCUT2D eigenvalue weighted by Gasteiger charge is -2.30. The number of benzene rings is 1. The van der Waals surface area contributed by atoms with Crippen LogP contribution in [0.2, 0.25) is 0 Å². The van der Waals surface area contributed by atoms with Crippen LogP contribution in [0.3, 0.4) is 0 Å². The predicted octanol–water partition coefficient (Wildman–Crippen LogP) is 3.16. The predicted molar refractivity (Wildman–Crippen MR) is 91.0 cm³/mol. The van der Waals surface area contributed by atoms with Crippen LogP contribution in [-0.2, 0) is 5.41 Å². The molecule has 1 aromatic carbocycles. The van der Waals surface area contributed by atoms with Crippen LogP contribution < -0.4 is 5.32 Å². The van der Waals surface area contributed by atoms with E-state index in [-0.39, 0.29) is 23.6 Å². The van der Waals surface area contributed by atoms with Gasteiger partial charge in [-0.1, -0.05) is 44.2 Å². The molecule has 0 aliphatic carbocycles. The fourth-order valence-corrected chi connectivity index (χ4v) is 2.63. The molecule has 0 aromatic heterocycles. The van der Waals surface area contributed by atoms with E-state index in [1.807, 2.05) is 25.1 Å². The van der Waals surface area contributed by atoms with Gasteiger partial charge in [-0.15, -0.1) is 0 Å². The third kappa shape index (κ3) is 6.06. The summed E-state index contributed by atoms with van der Waals surface area (Å²) in [5.74, 6) is 0. The molecule has 1 aromatic rings. The number of nitrogens with one attached hydrogen (secondary N) is 1. The Morgan fingerprint density at radius 2 is 1.86 bits per heavy atom. The molecule has 124 valence electrons. The number of hydrogen-bond donors (Lipinski definition) is 2. The van der Waals surface area contributed by atoms with Crippen molar-refractivity contribution in [3.63, 3.8) is 0 Å². The van der Waals surface area contributed by atoms with Crippen molar-refractivity contribution in [3.8, 4) is 0 Å². The Kier molecular flexibility index (Phi) is 6.88. The number of hydrogen-bond acceptors (Lipinski definition) is 2. The molecule has 2 atom stereocenters. The topological polar surface area (TPSA) is 52.6 Å². The van der Waals surface area contributed by atoms with E-state index >= 15 is 0 Å². The van der Waals surface area contributed by atoms with E-state index in [9.17, 15) is 9.90 Å². The Balaban J connectivity index is 2.51. The molecule has 0 radical (unpaired) electrons. The van der Waals surface area contributed by atoms with Crippen molar-refractivity contribution < 1.29 is 9.90 Å². The summed E-state index contributed by atoms with van der Waals surface area (Å²) in [6, 6.07) is 10.4. The van der Waals surface area contributed by atoms with Crippen LogP contribution in [-0.4, -0.2) is 41.8 Å². The molecule has 0 fully saturated rings. The number of aliphatic hydroxyl groups is 1. The van der Waals surface area contributed by atoms with Crippen molar-refractivity contribution in [3.05, 3.63) is 35.9 Å². The molecule has 2 unspecified atom stereocenters. The van der Waals surface area contributed by atoms with Crippen molar-refractivity contribution >= 4 is 6.03 Å². The second-order valence-electron chi connectivity index (χ2n) is 6.86. The van der Waals surface area contributed by atoms with Crippen LogP contribution in [0.15, 0.2) is 30.3 Å². The zero-order chi connectivity index (χ0) is 16.8. The van der Waals surface area contributed by atoms with Gasteiger partial charge in [-0.2, -0.15) is 0 Å². The molecule has 0 aliphatic rings. The maximum Gasteiger partial charge on any atom is 0.317 e. The van der Waals surface area contributed by atoms with E-state index in [1.54, 1.807) is 18.9 Å². The molecular weight excluding hydrogens is 276 g/mol. The lowest BCUT2D eigenvalue weighted by molar-refractivity contribution is 0.162. The molecule has 0 bridgehead atoms. The van der Waals surface area contributed by atoms with Crippen LogP contribution in [0.4, 0.5) is 4.79 Å². The van der Waals surface area contributed by atoms with Gasteiger partial charge in [-0.3, -0.25) is 0 Å². The Morgan fingerprint density at radius 3 is 2.41 bits per heavy atom. The Labute approximate surface area is 134 Å². The molecule has 0 heterocycles. The zero-order valence-electron chi connectivity index (χ0n) is 14.5. The van der Waals surface area contributed by atoms with Crippen molar-refractivity contribution in [2.75, 3.05) is 13.6 Å². The van der Waals surface area contributed by atoms with E-state index in [0.29, 0.717) is 13.0 Å². The summed E-state index contributed by atoms with van der Waals surface area (Å²) in [5, 5.41) is 12.3. The second kappa shape index (κ2) is 8.18. The summed E-state index contributed by atoms with van der Waals surface area (Å²) in [6.45, 7) is 8.71. The summed E-state index contributed by atoms with van der Waals surface area (Å²) < 4.78 is 0. The number of aliphatic hydroxyl groups excluding tert-OH is 1. The third-order valence-corrected chi connectivity index (χ3v) is 3.97. The molecular formula is C18H30N2O2. The smallest absolute Gasteiger partial charge is 0.317 e. The van der Waals surface area contributed by atoms with E-state index in [4.69, 9.17) is 0 Å². The Morgan fingerprint density at radius 1 is 1.27 bits per heavy atom. The van der Waals surface area contributed by atoms with Gasteiger partial charge in [-0.25, -0.2) is 4.79 Å². The van der Waals surface area contributed by atoms with Gasteiger partial charge in [0.1, 0.15) is 0 Å². The number of amides is 2. The zero-order valence-corrected chi connectivity index (χ0v) is 14.5. The summed E-state index contributed by atoms with van der Waals surface area (Å²) in [6.07, 6.45) is 1.07. The summed E-state index contributed by atoms with van der Waals surface area (Å²) in [4.78, 5) is 13.7. The van der Waals surface area contributed by atoms with Crippen molar-refractivity contribution in [1.82, 2.24) is 10.2 Å². The van der Waals surface area contributed by atoms with Crippen LogP contribution in [0.1, 0.15) is 46.1 Å². The second-order valence-corrected chi connectivity index (χ2v) is 6.86. The fourth-order valence-electron chi connectivity index (χ4n) is 2.63. The van der Waals surface area contributed by atoms with Gasteiger partial charge < -0.3 is 15.3 Å². The highest BCUT2D eigenvalue weighted by Crippen LogP contribution is 2.28. The van der Waals surface area contributed by atoms with Crippen LogP contribution in [0.25, 0.3) is 0 Å². The van der Waals surface area contributed by atoms with E-state index in [0.717, 1.165) is 6.42 Å². The molecule has 2 N–H and O–H groups in total. The van der Waals surface area contributed by atoms with Gasteiger partial charge in [0.15, 0.2) is 0 Å². The molecule has 4 nitrogen and oxygen atoms in total. The largest absolute Gasteiger partial charge is 0.393 e. The van der Waals surface area contributed by atoms with E-state index in [1.165, 1.54) is 5.56 Å². The summed E-state index contributed by atoms with van der Waals surface area (Å²) in [5.41, 5.74) is 1.28. The fraction of sp³-hybridized carbons (Fsp3) is 0.611. The van der Waals surface area contributed by atoms with Gasteiger partial charge >= 0.3 is 6.03 Å². The number of carbonyl (C=O) groups is 1. The van der Waals surface area contributed by atoms with Gasteiger partial charge in [-0.05, 0) is 37.7 Å². The van der Waals surface area contributed by atoms with Gasteiger partial charge in [0.05, 0.1) is 6.10 Å². The standard InChI is InChI=1S/C18H30N2O2/c1-14(19-17(22)20(5)12-11-15(2)21)13-18(3,4)16-9-7-6-8-10-16/h6-10,14-15,21H,11-13H2,1-5H3,(H,19,22). The van der Waals surface area contributed by atoms with Crippen LogP contribution in [0.5, 0.6) is 0 Å². The third-order valence-electron chi connectivity index (χ3n) is 3.97. The minimum absolute atomic E-state index is 0.00609. The van der Waals surface area contributed by atoms with Gasteiger partial charge in [0, 0.05) is 19.6 Å². The monoisotopic (exact) mass is 306 g/mol. The quantitative estimate of drug-likeness (QED) is 0.813. The molecule has 0 aliphatic heterocycles. The maximum atomic E-state index is 12.1. The molecule has 0 saturated heterocycles. The highest BCUT2D eigenvalue weighted by Gasteiger charge is 2.24. The number of nitrogens with zero attached hydrogens (tertiary/aromatic N) is 1. The first-order chi connectivity index (χ1) is 10.2. The molecule has 2 amide bonds. The lowest BCUT2D eigenvalue weighted by Crippen LogP contribution is -2.44. The van der Waals surface area contributed by atoms with Crippen molar-refractivity contribution in [1.29, 1.82) is 0 Å². The summed E-state index contributed by atoms with van der Waals surface area (Å²) in [7, 11) is 1.76. The minimum atomic E-state index is -0.385. The minimum Gasteiger partial charge on any atom is -0.393 e. The first-order valence-corrected chi connectivity index (χ1v) is 7.97. The van der Waals surface area contributed by atoms with E-state index in [2.05, 4.69) is 31.3 Å². The Bertz CT molecular complexity index is 457. The lowest BCUT2D eigenvalue weighted by atomic mass is 9.79. The first kappa shape index (κ1) is 18.5. The molecule has 0 saturated carbocycles. The first-order valence-electron chi connectivity index (χ1n) is 7.97. The van der Waals surface area contributed by atoms with Crippen molar-refractivity contribution in [2.24, 2.45) is 0 Å². The van der Waals surface area contributed by atoms with E-state index < -0.39 is 0 Å². The SMILES string of the molecule is CC(O)CCN(C)C(=O)NC(C)CC(C)(C)c1ccccc1. The van der Waals surface area contributed by atoms with Gasteiger partial charge in [0.2, 0.25) is 0 Å². The van der Waals surface area contributed by atoms with Crippen molar-refractivity contribution in [2.45, 2.75) is 58.1 Å². The van der Waals surface area contributed by atoms with Crippen LogP contribution >= 0.6 is 0 Å². The highest BCUT2D eigenvalue weighted by molar-refractivity contribution is 5.74. The number of carbonyl (C=O) groups excluding carboxylic acids is 1. The average Bonchev–Trinajstić information content (AvgIpc) is 2.44. The van der Waals surface area contributed by atoms with Gasteiger partial charge in [0.25, 0.3) is 0 Å². The normalized spacial score (nSPS) is 14.3. The van der Waals surface area contributed by atoms with Crippen LogP contribution in [0, 0.1) is 0 Å². The highest BCUT2D eigenvalue weighted by atomic mass is 16.3. The average molecular weight is 306 g/mol. The maximum absolute atomic E-state index is 12.1. The molecule has 1 rings (SSSR count). The summed E-state index contributed by atoms with van der Waals surface area (Å²) >= 11 is 0. The molecule has 4 heteroatoms. The molecule has 22 heavy (non-hydrogen) atoms. The Hall–Kier alpha value is -1.55.